The van der Waals surface area contributed by atoms with Crippen LogP contribution in [-0.2, 0) is 24.7 Å². The third-order valence-corrected chi connectivity index (χ3v) is 6.86. The van der Waals surface area contributed by atoms with Crippen molar-refractivity contribution in [1.82, 2.24) is 0 Å². The first-order valence-corrected chi connectivity index (χ1v) is 11.7. The van der Waals surface area contributed by atoms with E-state index in [1.165, 1.54) is 0 Å². The first-order valence-electron chi connectivity index (χ1n) is 11.7. The molecule has 1 atom stereocenters. The van der Waals surface area contributed by atoms with Crippen molar-refractivity contribution >= 4 is 11.9 Å². The summed E-state index contributed by atoms with van der Waals surface area (Å²) in [7, 11) is 0. The first-order chi connectivity index (χ1) is 15.6. The maximum Gasteiger partial charge on any atom is 0.362 e. The minimum absolute atomic E-state index is 0.224. The zero-order valence-corrected chi connectivity index (χ0v) is 19.7. The van der Waals surface area contributed by atoms with Crippen LogP contribution in [0.1, 0.15) is 44.7 Å². The molecule has 6 heteroatoms. The van der Waals surface area contributed by atoms with Gasteiger partial charge in [-0.05, 0) is 31.9 Å². The number of carbonyl (C=O) groups is 2. The number of hydrogen-bond acceptors (Lipinski definition) is 5. The first kappa shape index (κ1) is 23.5. The van der Waals surface area contributed by atoms with Crippen molar-refractivity contribution < 1.29 is 28.7 Å². The van der Waals surface area contributed by atoms with E-state index in [4.69, 9.17) is 9.47 Å². The third-order valence-electron chi connectivity index (χ3n) is 6.86. The van der Waals surface area contributed by atoms with Crippen LogP contribution >= 0.6 is 0 Å². The van der Waals surface area contributed by atoms with Crippen LogP contribution in [0.5, 0.6) is 0 Å². The molecule has 0 aliphatic carbocycles. The molecule has 0 aromatic heterocycles. The van der Waals surface area contributed by atoms with Gasteiger partial charge in [-0.2, -0.15) is 0 Å². The molecular formula is C27H34NO5+. The average molecular weight is 453 g/mol. The molecule has 0 amide bonds. The largest absolute Gasteiger partial charge is 0.456 e. The molecule has 2 aromatic rings. The predicted molar refractivity (Wildman–Crippen MR) is 124 cm³/mol. The molecule has 0 radical (unpaired) electrons. The van der Waals surface area contributed by atoms with Gasteiger partial charge in [0.25, 0.3) is 0 Å². The Morgan fingerprint density at radius 2 is 1.45 bits per heavy atom. The standard InChI is InChI=1S/C27H34NO5/c1-26(2,3)33-24(29)19-28-16-14-20(15-17-28)23(18-28)32-25(30)27(31,21-10-6-4-7-11-21)22-12-8-5-9-13-22/h4-13,20,23,31H,14-19H2,1-3H3/q+1. The lowest BCUT2D eigenvalue weighted by atomic mass is 9.82. The van der Waals surface area contributed by atoms with E-state index in [0.717, 1.165) is 25.9 Å². The fraction of sp³-hybridized carbons (Fsp3) is 0.481. The molecule has 3 saturated heterocycles. The highest BCUT2D eigenvalue weighted by Gasteiger charge is 2.51. The van der Waals surface area contributed by atoms with Crippen molar-refractivity contribution in [3.05, 3.63) is 71.8 Å². The number of hydrogen-bond donors (Lipinski definition) is 1. The highest BCUT2D eigenvalue weighted by molar-refractivity contribution is 5.85. The van der Waals surface area contributed by atoms with Crippen molar-refractivity contribution in [1.29, 1.82) is 0 Å². The van der Waals surface area contributed by atoms with Crippen molar-refractivity contribution in [2.24, 2.45) is 5.92 Å². The maximum absolute atomic E-state index is 13.6. The van der Waals surface area contributed by atoms with E-state index < -0.39 is 17.2 Å². The summed E-state index contributed by atoms with van der Waals surface area (Å²) in [4.78, 5) is 26.1. The summed E-state index contributed by atoms with van der Waals surface area (Å²) in [6, 6.07) is 17.8. The molecule has 2 aromatic carbocycles. The van der Waals surface area contributed by atoms with Gasteiger partial charge in [0, 0.05) is 18.8 Å². The Balaban J connectivity index is 1.55. The van der Waals surface area contributed by atoms with Crippen molar-refractivity contribution in [3.8, 4) is 0 Å². The maximum atomic E-state index is 13.6. The van der Waals surface area contributed by atoms with Gasteiger partial charge in [0.2, 0.25) is 5.60 Å². The Morgan fingerprint density at radius 1 is 0.939 bits per heavy atom. The van der Waals surface area contributed by atoms with E-state index in [9.17, 15) is 14.7 Å². The smallest absolute Gasteiger partial charge is 0.362 e. The molecule has 1 N–H and O–H groups in total. The Bertz CT molecular complexity index is 935. The summed E-state index contributed by atoms with van der Waals surface area (Å²) in [6.07, 6.45) is 1.42. The number of nitrogens with zero attached hydrogens (tertiary/aromatic N) is 1. The highest BCUT2D eigenvalue weighted by Crippen LogP contribution is 2.38. The van der Waals surface area contributed by atoms with Gasteiger partial charge >= 0.3 is 11.9 Å². The van der Waals surface area contributed by atoms with E-state index in [1.807, 2.05) is 32.9 Å². The van der Waals surface area contributed by atoms with Crippen LogP contribution in [0.25, 0.3) is 0 Å². The summed E-state index contributed by atoms with van der Waals surface area (Å²) in [5, 5.41) is 11.7. The van der Waals surface area contributed by atoms with Crippen LogP contribution < -0.4 is 0 Å². The molecule has 3 fully saturated rings. The normalized spacial score (nSPS) is 24.8. The topological polar surface area (TPSA) is 72.8 Å². The van der Waals surface area contributed by atoms with Gasteiger partial charge in [0.15, 0.2) is 12.6 Å². The lowest BCUT2D eigenvalue weighted by molar-refractivity contribution is -0.939. The predicted octanol–water partition coefficient (Wildman–Crippen LogP) is 3.42. The minimum Gasteiger partial charge on any atom is -0.456 e. The number of quaternary nitrogens is 1. The molecule has 3 heterocycles. The van der Waals surface area contributed by atoms with Gasteiger partial charge in [-0.25, -0.2) is 9.59 Å². The zero-order chi connectivity index (χ0) is 23.7. The van der Waals surface area contributed by atoms with E-state index in [2.05, 4.69) is 0 Å². The van der Waals surface area contributed by atoms with Crippen LogP contribution in [-0.4, -0.2) is 59.4 Å². The molecule has 0 saturated carbocycles. The molecule has 6 nitrogen and oxygen atoms in total. The number of ether oxygens (including phenoxy) is 2. The number of esters is 2. The number of fused-ring (bicyclic) bond motifs is 3. The fourth-order valence-corrected chi connectivity index (χ4v) is 5.21. The second kappa shape index (κ2) is 8.92. The lowest BCUT2D eigenvalue weighted by Crippen LogP contribution is -2.66. The van der Waals surface area contributed by atoms with Gasteiger partial charge < -0.3 is 19.1 Å². The van der Waals surface area contributed by atoms with Crippen LogP contribution in [0, 0.1) is 5.92 Å². The van der Waals surface area contributed by atoms with Crippen LogP contribution in [0.15, 0.2) is 60.7 Å². The molecular weight excluding hydrogens is 418 g/mol. The summed E-state index contributed by atoms with van der Waals surface area (Å²) in [5.74, 6) is -0.657. The van der Waals surface area contributed by atoms with E-state index in [0.29, 0.717) is 22.2 Å². The van der Waals surface area contributed by atoms with Gasteiger partial charge in [0.1, 0.15) is 12.1 Å². The Morgan fingerprint density at radius 3 is 1.94 bits per heavy atom. The van der Waals surface area contributed by atoms with Crippen LogP contribution in [0.3, 0.4) is 0 Å². The monoisotopic (exact) mass is 452 g/mol. The van der Waals surface area contributed by atoms with Gasteiger partial charge in [-0.15, -0.1) is 0 Å². The molecule has 1 unspecified atom stereocenters. The molecule has 3 aliphatic rings. The van der Waals surface area contributed by atoms with Crippen LogP contribution in [0.2, 0.25) is 0 Å². The molecule has 33 heavy (non-hydrogen) atoms. The van der Waals surface area contributed by atoms with Crippen molar-refractivity contribution in [2.45, 2.75) is 50.9 Å². The van der Waals surface area contributed by atoms with Gasteiger partial charge in [-0.1, -0.05) is 60.7 Å². The number of rotatable bonds is 6. The average Bonchev–Trinajstić information content (AvgIpc) is 2.78. The van der Waals surface area contributed by atoms with E-state index in [-0.39, 0.29) is 24.5 Å². The minimum atomic E-state index is -1.90. The second-order valence-electron chi connectivity index (χ2n) is 10.4. The van der Waals surface area contributed by atoms with Crippen LogP contribution in [0.4, 0.5) is 0 Å². The second-order valence-corrected chi connectivity index (χ2v) is 10.4. The summed E-state index contributed by atoms with van der Waals surface area (Å²) in [5.41, 5.74) is -1.48. The molecule has 5 rings (SSSR count). The fourth-order valence-electron chi connectivity index (χ4n) is 5.21. The summed E-state index contributed by atoms with van der Waals surface area (Å²) in [6.45, 7) is 8.19. The Kier molecular flexibility index (Phi) is 6.34. The van der Waals surface area contributed by atoms with Gasteiger partial charge in [0.05, 0.1) is 13.1 Å². The van der Waals surface area contributed by atoms with Crippen molar-refractivity contribution in [3.63, 3.8) is 0 Å². The van der Waals surface area contributed by atoms with Gasteiger partial charge in [-0.3, -0.25) is 0 Å². The Hall–Kier alpha value is -2.70. The van der Waals surface area contributed by atoms with E-state index >= 15 is 0 Å². The number of aliphatic hydroxyl groups is 1. The SMILES string of the molecule is CC(C)(C)OC(=O)C[N+]12CCC(CC1)C(OC(=O)C(O)(c1ccccc1)c1ccccc1)C2. The molecule has 3 aliphatic heterocycles. The highest BCUT2D eigenvalue weighted by atomic mass is 16.6. The molecule has 0 spiro atoms. The lowest BCUT2D eigenvalue weighted by Gasteiger charge is -2.51. The van der Waals surface area contributed by atoms with Crippen molar-refractivity contribution in [2.75, 3.05) is 26.2 Å². The number of benzene rings is 2. The zero-order valence-electron chi connectivity index (χ0n) is 19.7. The molecule has 2 bridgehead atoms. The quantitative estimate of drug-likeness (QED) is 0.537. The summed E-state index contributed by atoms with van der Waals surface area (Å²) >= 11 is 0. The summed E-state index contributed by atoms with van der Waals surface area (Å²) < 4.78 is 12.2. The number of piperidine rings is 3. The number of carbonyl (C=O) groups excluding carboxylic acids is 2. The van der Waals surface area contributed by atoms with E-state index in [1.54, 1.807) is 48.5 Å². The molecule has 176 valence electrons. The Labute approximate surface area is 195 Å². The third kappa shape index (κ3) is 4.97.